The first-order valence-corrected chi connectivity index (χ1v) is 6.27. The number of nitrogens with zero attached hydrogens (tertiary/aromatic N) is 3. The molecule has 0 atom stereocenters. The fourth-order valence-corrected chi connectivity index (χ4v) is 1.33. The summed E-state index contributed by atoms with van der Waals surface area (Å²) in [6, 6.07) is 0. The summed E-state index contributed by atoms with van der Waals surface area (Å²) in [5.74, 6) is -0.215. The summed E-state index contributed by atoms with van der Waals surface area (Å²) < 4.78 is 28.5. The number of rotatable bonds is 5. The van der Waals surface area contributed by atoms with Gasteiger partial charge in [0.25, 0.3) is 0 Å². The zero-order valence-electron chi connectivity index (χ0n) is 10.3. The number of hydrogen-bond acceptors (Lipinski definition) is 5. The van der Waals surface area contributed by atoms with E-state index in [-0.39, 0.29) is 12.4 Å². The molecule has 7 nitrogen and oxygen atoms in total. The Kier molecular flexibility index (Phi) is 5.70. The van der Waals surface area contributed by atoms with E-state index in [9.17, 15) is 13.2 Å². The second-order valence-electron chi connectivity index (χ2n) is 3.58. The van der Waals surface area contributed by atoms with Gasteiger partial charge in [-0.25, -0.2) is 27.5 Å². The standard InChI is InChI=1S/C8H19N3O4S/c1-9(2)11(5)8(12)15-6-7-16(13,14)10(3)4/h6-7H2,1-5H3. The predicted octanol–water partition coefficient (Wildman–Crippen LogP) is -0.577. The molecule has 0 aromatic carbocycles. The highest BCUT2D eigenvalue weighted by atomic mass is 32.2. The average molecular weight is 253 g/mol. The van der Waals surface area contributed by atoms with E-state index in [0.29, 0.717) is 0 Å². The van der Waals surface area contributed by atoms with Crippen molar-refractivity contribution in [1.29, 1.82) is 0 Å². The molecule has 0 saturated carbocycles. The van der Waals surface area contributed by atoms with Crippen molar-refractivity contribution in [2.45, 2.75) is 0 Å². The summed E-state index contributed by atoms with van der Waals surface area (Å²) >= 11 is 0. The highest BCUT2D eigenvalue weighted by Gasteiger charge is 2.16. The minimum absolute atomic E-state index is 0.155. The monoisotopic (exact) mass is 253 g/mol. The van der Waals surface area contributed by atoms with Crippen molar-refractivity contribution in [3.05, 3.63) is 0 Å². The van der Waals surface area contributed by atoms with Crippen molar-refractivity contribution < 1.29 is 17.9 Å². The van der Waals surface area contributed by atoms with Crippen LogP contribution in [0.4, 0.5) is 4.79 Å². The van der Waals surface area contributed by atoms with Gasteiger partial charge in [0.05, 0.1) is 5.75 Å². The molecule has 0 bridgehead atoms. The van der Waals surface area contributed by atoms with Gasteiger partial charge >= 0.3 is 6.09 Å². The van der Waals surface area contributed by atoms with Crippen molar-refractivity contribution in [3.8, 4) is 0 Å². The summed E-state index contributed by atoms with van der Waals surface area (Å²) in [6.45, 7) is -0.155. The fraction of sp³-hybridized carbons (Fsp3) is 0.875. The molecule has 0 fully saturated rings. The Balaban J connectivity index is 4.06. The maximum Gasteiger partial charge on any atom is 0.424 e. The van der Waals surface area contributed by atoms with Crippen LogP contribution in [0.5, 0.6) is 0 Å². The van der Waals surface area contributed by atoms with Crippen LogP contribution in [0.25, 0.3) is 0 Å². The number of sulfonamides is 1. The van der Waals surface area contributed by atoms with E-state index >= 15 is 0 Å². The van der Waals surface area contributed by atoms with Crippen LogP contribution in [-0.2, 0) is 14.8 Å². The molecular weight excluding hydrogens is 234 g/mol. The zero-order valence-corrected chi connectivity index (χ0v) is 11.1. The van der Waals surface area contributed by atoms with Crippen LogP contribution in [0.15, 0.2) is 0 Å². The van der Waals surface area contributed by atoms with Crippen molar-refractivity contribution in [3.63, 3.8) is 0 Å². The number of hydrazine groups is 1. The maximum atomic E-state index is 11.3. The Morgan fingerprint density at radius 3 is 2.00 bits per heavy atom. The predicted molar refractivity (Wildman–Crippen MR) is 60.3 cm³/mol. The van der Waals surface area contributed by atoms with Crippen molar-refractivity contribution in [1.82, 2.24) is 14.3 Å². The van der Waals surface area contributed by atoms with Crippen LogP contribution in [-0.4, -0.2) is 76.4 Å². The molecule has 0 N–H and O–H groups in total. The third kappa shape index (κ3) is 4.77. The van der Waals surface area contributed by atoms with Gasteiger partial charge < -0.3 is 4.74 Å². The Hall–Kier alpha value is -0.860. The SMILES string of the molecule is CN(C)N(C)C(=O)OCCS(=O)(=O)N(C)C. The van der Waals surface area contributed by atoms with Gasteiger partial charge in [0.2, 0.25) is 10.0 Å². The maximum absolute atomic E-state index is 11.3. The van der Waals surface area contributed by atoms with Gasteiger partial charge in [0.1, 0.15) is 6.61 Å². The molecule has 0 saturated heterocycles. The Bertz CT molecular complexity index is 326. The quantitative estimate of drug-likeness (QED) is 0.613. The molecule has 0 aliphatic carbocycles. The minimum atomic E-state index is -3.32. The second-order valence-corrected chi connectivity index (χ2v) is 5.89. The first-order valence-electron chi connectivity index (χ1n) is 4.66. The van der Waals surface area contributed by atoms with Crippen molar-refractivity contribution >= 4 is 16.1 Å². The molecule has 0 unspecified atom stereocenters. The van der Waals surface area contributed by atoms with E-state index in [4.69, 9.17) is 4.74 Å². The number of ether oxygens (including phenoxy) is 1. The van der Waals surface area contributed by atoms with Gasteiger partial charge in [0.15, 0.2) is 0 Å². The van der Waals surface area contributed by atoms with Crippen LogP contribution >= 0.6 is 0 Å². The van der Waals surface area contributed by atoms with Crippen molar-refractivity contribution in [2.24, 2.45) is 0 Å². The summed E-state index contributed by atoms with van der Waals surface area (Å²) in [5.41, 5.74) is 0. The van der Waals surface area contributed by atoms with E-state index in [2.05, 4.69) is 0 Å². The molecule has 0 heterocycles. The smallest absolute Gasteiger partial charge is 0.424 e. The minimum Gasteiger partial charge on any atom is -0.447 e. The molecule has 0 aliphatic rings. The largest absolute Gasteiger partial charge is 0.447 e. The second kappa shape index (κ2) is 6.02. The first kappa shape index (κ1) is 15.1. The third-order valence-corrected chi connectivity index (χ3v) is 3.78. The first-order chi connectivity index (χ1) is 7.18. The van der Waals surface area contributed by atoms with Gasteiger partial charge in [-0.1, -0.05) is 0 Å². The molecule has 8 heteroatoms. The molecule has 0 spiro atoms. The molecule has 0 aromatic rings. The lowest BCUT2D eigenvalue weighted by Gasteiger charge is -2.23. The van der Waals surface area contributed by atoms with E-state index < -0.39 is 16.1 Å². The lowest BCUT2D eigenvalue weighted by molar-refractivity contribution is 0.0330. The summed E-state index contributed by atoms with van der Waals surface area (Å²) in [4.78, 5) is 11.3. The van der Waals surface area contributed by atoms with Crippen LogP contribution < -0.4 is 0 Å². The zero-order chi connectivity index (χ0) is 12.9. The van der Waals surface area contributed by atoms with Crippen molar-refractivity contribution in [2.75, 3.05) is 47.6 Å². The van der Waals surface area contributed by atoms with E-state index in [1.165, 1.54) is 31.2 Å². The van der Waals surface area contributed by atoms with E-state index in [0.717, 1.165) is 4.31 Å². The van der Waals surface area contributed by atoms with Gasteiger partial charge in [-0.2, -0.15) is 0 Å². The summed E-state index contributed by atoms with van der Waals surface area (Å²) in [5, 5.41) is 2.77. The van der Waals surface area contributed by atoms with Gasteiger partial charge in [-0.15, -0.1) is 0 Å². The topological polar surface area (TPSA) is 70.2 Å². The number of hydrogen-bond donors (Lipinski definition) is 0. The lowest BCUT2D eigenvalue weighted by Crippen LogP contribution is -2.39. The van der Waals surface area contributed by atoms with Gasteiger partial charge in [-0.05, 0) is 0 Å². The number of carbonyl (C=O) groups excluding carboxylic acids is 1. The van der Waals surface area contributed by atoms with Crippen LogP contribution in [0.2, 0.25) is 0 Å². The summed E-state index contributed by atoms with van der Waals surface area (Å²) in [6.07, 6.45) is -0.584. The van der Waals surface area contributed by atoms with Crippen LogP contribution in [0.1, 0.15) is 0 Å². The molecule has 1 amide bonds. The Morgan fingerprint density at radius 1 is 1.12 bits per heavy atom. The van der Waals surface area contributed by atoms with Gasteiger partial charge in [-0.3, -0.25) is 0 Å². The van der Waals surface area contributed by atoms with E-state index in [1.54, 1.807) is 14.1 Å². The molecule has 0 radical (unpaired) electrons. The van der Waals surface area contributed by atoms with Gasteiger partial charge in [0, 0.05) is 35.2 Å². The lowest BCUT2D eigenvalue weighted by atomic mass is 10.8. The fourth-order valence-electron chi connectivity index (χ4n) is 0.674. The molecular formula is C8H19N3O4S. The molecule has 0 aliphatic heterocycles. The molecule has 0 rings (SSSR count). The molecule has 0 aromatic heterocycles. The third-order valence-electron chi connectivity index (χ3n) is 1.99. The molecule has 16 heavy (non-hydrogen) atoms. The average Bonchev–Trinajstić information content (AvgIpc) is 2.15. The van der Waals surface area contributed by atoms with Crippen LogP contribution in [0.3, 0.4) is 0 Å². The highest BCUT2D eigenvalue weighted by molar-refractivity contribution is 7.89. The Labute approximate surface area is 96.6 Å². The Morgan fingerprint density at radius 2 is 1.62 bits per heavy atom. The number of carbonyl (C=O) groups is 1. The summed E-state index contributed by atoms with van der Waals surface area (Å²) in [7, 11) is 4.44. The van der Waals surface area contributed by atoms with E-state index in [1.807, 2.05) is 0 Å². The van der Waals surface area contributed by atoms with Crippen LogP contribution in [0, 0.1) is 0 Å². The number of amides is 1. The normalized spacial score (nSPS) is 11.9. The molecule has 96 valence electrons. The highest BCUT2D eigenvalue weighted by Crippen LogP contribution is 1.97.